The summed E-state index contributed by atoms with van der Waals surface area (Å²) in [5.41, 5.74) is 1.47. The first-order valence-corrected chi connectivity index (χ1v) is 6.47. The molecule has 17 heavy (non-hydrogen) atoms. The number of nitrogens with zero attached hydrogens (tertiary/aromatic N) is 1. The van der Waals surface area contributed by atoms with Crippen LogP contribution in [-0.2, 0) is 9.57 Å². The zero-order valence-corrected chi connectivity index (χ0v) is 9.84. The van der Waals surface area contributed by atoms with Gasteiger partial charge in [-0.3, -0.25) is 4.84 Å². The molecule has 0 N–H and O–H groups in total. The highest BCUT2D eigenvalue weighted by atomic mass is 16.7. The third-order valence-electron chi connectivity index (χ3n) is 4.54. The van der Waals surface area contributed by atoms with E-state index in [2.05, 4.69) is 35.4 Å². The van der Waals surface area contributed by atoms with Crippen LogP contribution in [0, 0.1) is 5.92 Å². The molecule has 90 valence electrons. The first kappa shape index (κ1) is 10.1. The molecular formula is C14H17NO2. The van der Waals surface area contributed by atoms with E-state index >= 15 is 0 Å². The Labute approximate surface area is 101 Å². The van der Waals surface area contributed by atoms with Crippen molar-refractivity contribution in [3.05, 3.63) is 35.9 Å². The largest absolute Gasteiger partial charge is 0.379 e. The van der Waals surface area contributed by atoms with Gasteiger partial charge in [0.2, 0.25) is 0 Å². The smallest absolute Gasteiger partial charge is 0.111 e. The van der Waals surface area contributed by atoms with E-state index in [1.807, 2.05) is 0 Å². The van der Waals surface area contributed by atoms with Crippen molar-refractivity contribution in [1.82, 2.24) is 5.06 Å². The lowest BCUT2D eigenvalue weighted by molar-refractivity contribution is -0.181. The molecule has 3 saturated heterocycles. The van der Waals surface area contributed by atoms with Crippen molar-refractivity contribution in [3.63, 3.8) is 0 Å². The van der Waals surface area contributed by atoms with Gasteiger partial charge < -0.3 is 4.74 Å². The Kier molecular flexibility index (Phi) is 2.10. The SMILES string of the molecule is c1ccc([C@@H]2ON3CCC[C@@]34COC[C@@H]24)cc1. The zero-order chi connectivity index (χ0) is 11.3. The highest BCUT2D eigenvalue weighted by molar-refractivity contribution is 5.23. The molecule has 3 aliphatic rings. The fourth-order valence-electron chi connectivity index (χ4n) is 3.69. The molecule has 0 unspecified atom stereocenters. The number of hydrogen-bond donors (Lipinski definition) is 0. The molecule has 3 heteroatoms. The fourth-order valence-corrected chi connectivity index (χ4v) is 3.69. The number of hydroxylamine groups is 2. The van der Waals surface area contributed by atoms with Gasteiger partial charge in [-0.2, -0.15) is 5.06 Å². The summed E-state index contributed by atoms with van der Waals surface area (Å²) in [6.07, 6.45) is 2.65. The third kappa shape index (κ3) is 1.27. The van der Waals surface area contributed by atoms with Gasteiger partial charge in [-0.05, 0) is 18.4 Å². The predicted molar refractivity (Wildman–Crippen MR) is 63.2 cm³/mol. The maximum atomic E-state index is 6.18. The van der Waals surface area contributed by atoms with Crippen molar-refractivity contribution in [2.24, 2.45) is 5.92 Å². The van der Waals surface area contributed by atoms with Crippen LogP contribution in [0.15, 0.2) is 30.3 Å². The van der Waals surface area contributed by atoms with Crippen molar-refractivity contribution in [3.8, 4) is 0 Å². The molecule has 0 amide bonds. The molecule has 0 aliphatic carbocycles. The molecule has 0 bridgehead atoms. The molecule has 3 nitrogen and oxygen atoms in total. The van der Waals surface area contributed by atoms with Crippen molar-refractivity contribution < 1.29 is 9.57 Å². The Bertz CT molecular complexity index is 417. The van der Waals surface area contributed by atoms with E-state index in [0.717, 1.165) is 19.8 Å². The molecule has 0 saturated carbocycles. The molecule has 3 aliphatic heterocycles. The maximum absolute atomic E-state index is 6.18. The highest BCUT2D eigenvalue weighted by Crippen LogP contribution is 2.53. The molecule has 0 aromatic heterocycles. The first-order valence-electron chi connectivity index (χ1n) is 6.47. The topological polar surface area (TPSA) is 21.7 Å². The predicted octanol–water partition coefficient (Wildman–Crippen LogP) is 2.15. The lowest BCUT2D eigenvalue weighted by Gasteiger charge is -2.26. The molecule has 4 rings (SSSR count). The Hall–Kier alpha value is -0.900. The van der Waals surface area contributed by atoms with Gasteiger partial charge in [0.15, 0.2) is 0 Å². The zero-order valence-electron chi connectivity index (χ0n) is 9.84. The average molecular weight is 231 g/mol. The van der Waals surface area contributed by atoms with Gasteiger partial charge in [-0.1, -0.05) is 30.3 Å². The van der Waals surface area contributed by atoms with E-state index in [4.69, 9.17) is 9.57 Å². The summed E-state index contributed by atoms with van der Waals surface area (Å²) >= 11 is 0. The summed E-state index contributed by atoms with van der Waals surface area (Å²) in [4.78, 5) is 6.18. The molecule has 0 radical (unpaired) electrons. The highest BCUT2D eigenvalue weighted by Gasteiger charge is 2.60. The van der Waals surface area contributed by atoms with Gasteiger partial charge in [0.1, 0.15) is 6.10 Å². The normalized spacial score (nSPS) is 40.5. The van der Waals surface area contributed by atoms with Gasteiger partial charge >= 0.3 is 0 Å². The Morgan fingerprint density at radius 3 is 3.00 bits per heavy atom. The molecule has 1 aromatic rings. The van der Waals surface area contributed by atoms with E-state index in [1.165, 1.54) is 18.4 Å². The van der Waals surface area contributed by atoms with E-state index in [1.54, 1.807) is 0 Å². The van der Waals surface area contributed by atoms with Crippen molar-refractivity contribution in [1.29, 1.82) is 0 Å². The lowest BCUT2D eigenvalue weighted by Crippen LogP contribution is -2.42. The summed E-state index contributed by atoms with van der Waals surface area (Å²) in [6, 6.07) is 10.6. The van der Waals surface area contributed by atoms with Crippen LogP contribution < -0.4 is 0 Å². The second-order valence-electron chi connectivity index (χ2n) is 5.37. The van der Waals surface area contributed by atoms with Crippen LogP contribution in [0.25, 0.3) is 0 Å². The van der Waals surface area contributed by atoms with Crippen LogP contribution >= 0.6 is 0 Å². The molecule has 3 heterocycles. The lowest BCUT2D eigenvalue weighted by atomic mass is 9.81. The molecule has 1 aromatic carbocycles. The average Bonchev–Trinajstić information content (AvgIpc) is 3.00. The van der Waals surface area contributed by atoms with Gasteiger partial charge in [-0.25, -0.2) is 0 Å². The minimum absolute atomic E-state index is 0.181. The van der Waals surface area contributed by atoms with Crippen LogP contribution in [0.5, 0.6) is 0 Å². The molecule has 3 fully saturated rings. The van der Waals surface area contributed by atoms with E-state index in [-0.39, 0.29) is 11.6 Å². The summed E-state index contributed by atoms with van der Waals surface area (Å²) in [6.45, 7) is 2.75. The summed E-state index contributed by atoms with van der Waals surface area (Å²) in [5, 5.41) is 2.21. The standard InChI is InChI=1S/C14H17NO2/c1-2-5-11(6-3-1)13-12-9-16-10-14(12)7-4-8-15(14)17-13/h1-3,5-6,12-13H,4,7-10H2/t12-,13-,14-/m0/s1. The monoisotopic (exact) mass is 231 g/mol. The second-order valence-corrected chi connectivity index (χ2v) is 5.37. The fraction of sp³-hybridized carbons (Fsp3) is 0.571. The van der Waals surface area contributed by atoms with Crippen LogP contribution in [0.4, 0.5) is 0 Å². The van der Waals surface area contributed by atoms with Crippen molar-refractivity contribution in [2.75, 3.05) is 19.8 Å². The van der Waals surface area contributed by atoms with Gasteiger partial charge in [0.05, 0.1) is 18.8 Å². The third-order valence-corrected chi connectivity index (χ3v) is 4.54. The molecule has 3 atom stereocenters. The summed E-state index contributed by atoms with van der Waals surface area (Å²) < 4.78 is 5.75. The maximum Gasteiger partial charge on any atom is 0.111 e. The Morgan fingerprint density at radius 1 is 1.24 bits per heavy atom. The van der Waals surface area contributed by atoms with Crippen LogP contribution in [0.1, 0.15) is 24.5 Å². The van der Waals surface area contributed by atoms with Gasteiger partial charge in [0, 0.05) is 12.5 Å². The Balaban J connectivity index is 1.72. The van der Waals surface area contributed by atoms with Crippen molar-refractivity contribution >= 4 is 0 Å². The minimum atomic E-state index is 0.181. The quantitative estimate of drug-likeness (QED) is 0.739. The van der Waals surface area contributed by atoms with Crippen LogP contribution in [0.3, 0.4) is 0 Å². The summed E-state index contributed by atoms with van der Waals surface area (Å²) in [7, 11) is 0. The Morgan fingerprint density at radius 2 is 2.12 bits per heavy atom. The van der Waals surface area contributed by atoms with E-state index < -0.39 is 0 Å². The molecule has 1 spiro atoms. The summed E-state index contributed by atoms with van der Waals surface area (Å²) in [5.74, 6) is 0.507. The van der Waals surface area contributed by atoms with Gasteiger partial charge in [0.25, 0.3) is 0 Å². The second kappa shape index (κ2) is 3.55. The number of hydrogen-bond acceptors (Lipinski definition) is 3. The van der Waals surface area contributed by atoms with Crippen molar-refractivity contribution in [2.45, 2.75) is 24.5 Å². The van der Waals surface area contributed by atoms with E-state index in [9.17, 15) is 0 Å². The number of benzene rings is 1. The van der Waals surface area contributed by atoms with Crippen LogP contribution in [-0.4, -0.2) is 30.4 Å². The molecular weight excluding hydrogens is 214 g/mol. The van der Waals surface area contributed by atoms with Crippen LogP contribution in [0.2, 0.25) is 0 Å². The number of ether oxygens (including phenoxy) is 1. The number of rotatable bonds is 1. The first-order chi connectivity index (χ1) is 8.40. The van der Waals surface area contributed by atoms with E-state index in [0.29, 0.717) is 5.92 Å². The van der Waals surface area contributed by atoms with Gasteiger partial charge in [-0.15, -0.1) is 0 Å². The minimum Gasteiger partial charge on any atom is -0.379 e.